The van der Waals surface area contributed by atoms with Gasteiger partial charge in [-0.15, -0.1) is 0 Å². The van der Waals surface area contributed by atoms with Crippen molar-refractivity contribution in [3.8, 4) is 34.3 Å². The number of benzene rings is 2. The van der Waals surface area contributed by atoms with E-state index in [1.807, 2.05) is 12.1 Å². The summed E-state index contributed by atoms with van der Waals surface area (Å²) in [6, 6.07) is 8.49. The maximum Gasteiger partial charge on any atom is 0.231 e. The van der Waals surface area contributed by atoms with Gasteiger partial charge in [-0.05, 0) is 29.8 Å². The van der Waals surface area contributed by atoms with Crippen LogP contribution in [0.5, 0.6) is 23.1 Å². The first kappa shape index (κ1) is 14.6. The van der Waals surface area contributed by atoms with Gasteiger partial charge in [-0.1, -0.05) is 6.07 Å². The van der Waals surface area contributed by atoms with Crippen LogP contribution in [0, 0.1) is 5.82 Å². The minimum Gasteiger partial charge on any atom is -0.494 e. The van der Waals surface area contributed by atoms with Crippen LogP contribution in [-0.4, -0.2) is 26.0 Å². The molecule has 0 saturated heterocycles. The molecule has 0 unspecified atom stereocenters. The number of hydrogen-bond acceptors (Lipinski definition) is 5. The number of methoxy groups -OCH3 is 2. The van der Waals surface area contributed by atoms with Crippen LogP contribution in [0.3, 0.4) is 0 Å². The van der Waals surface area contributed by atoms with Gasteiger partial charge in [-0.3, -0.25) is 0 Å². The van der Waals surface area contributed by atoms with Crippen molar-refractivity contribution in [2.75, 3.05) is 21.0 Å². The van der Waals surface area contributed by atoms with E-state index in [1.165, 1.54) is 13.2 Å². The zero-order valence-corrected chi connectivity index (χ0v) is 13.1. The molecule has 2 heterocycles. The van der Waals surface area contributed by atoms with E-state index < -0.39 is 5.82 Å². The van der Waals surface area contributed by atoms with Gasteiger partial charge in [-0.2, -0.15) is 0 Å². The lowest BCUT2D eigenvalue weighted by Crippen LogP contribution is -1.93. The molecular formula is C18H14FNO4. The van der Waals surface area contributed by atoms with Crippen LogP contribution in [0.25, 0.3) is 21.9 Å². The van der Waals surface area contributed by atoms with Gasteiger partial charge < -0.3 is 18.9 Å². The van der Waals surface area contributed by atoms with Crippen molar-refractivity contribution >= 4 is 10.8 Å². The molecule has 0 N–H and O–H groups in total. The zero-order chi connectivity index (χ0) is 16.7. The molecule has 6 heteroatoms. The van der Waals surface area contributed by atoms with E-state index in [1.54, 1.807) is 25.4 Å². The lowest BCUT2D eigenvalue weighted by molar-refractivity contribution is 0.174. The molecule has 24 heavy (non-hydrogen) atoms. The number of rotatable bonds is 3. The van der Waals surface area contributed by atoms with Gasteiger partial charge in [-0.25, -0.2) is 9.37 Å². The normalized spacial score (nSPS) is 12.5. The van der Waals surface area contributed by atoms with Gasteiger partial charge in [0.25, 0.3) is 0 Å². The number of pyridine rings is 1. The van der Waals surface area contributed by atoms with E-state index in [9.17, 15) is 4.39 Å². The molecule has 0 aliphatic carbocycles. The molecule has 0 spiro atoms. The lowest BCUT2D eigenvalue weighted by Gasteiger charge is -2.11. The highest BCUT2D eigenvalue weighted by molar-refractivity contribution is 6.00. The van der Waals surface area contributed by atoms with Gasteiger partial charge in [0, 0.05) is 22.5 Å². The van der Waals surface area contributed by atoms with Crippen LogP contribution >= 0.6 is 0 Å². The summed E-state index contributed by atoms with van der Waals surface area (Å²) < 4.78 is 35.3. The van der Waals surface area contributed by atoms with Crippen molar-refractivity contribution in [1.29, 1.82) is 0 Å². The second kappa shape index (κ2) is 5.56. The Labute approximate surface area is 137 Å². The minimum absolute atomic E-state index is 0.175. The zero-order valence-electron chi connectivity index (χ0n) is 13.1. The molecule has 0 amide bonds. The topological polar surface area (TPSA) is 49.8 Å². The van der Waals surface area contributed by atoms with Gasteiger partial charge in [0.2, 0.25) is 12.7 Å². The molecule has 0 radical (unpaired) electrons. The highest BCUT2D eigenvalue weighted by Crippen LogP contribution is 2.42. The van der Waals surface area contributed by atoms with E-state index in [2.05, 4.69) is 4.98 Å². The highest BCUT2D eigenvalue weighted by Gasteiger charge is 2.19. The van der Waals surface area contributed by atoms with Crippen LogP contribution in [0.2, 0.25) is 0 Å². The summed E-state index contributed by atoms with van der Waals surface area (Å²) in [5.41, 5.74) is 1.46. The number of halogens is 1. The van der Waals surface area contributed by atoms with Crippen LogP contribution < -0.4 is 18.9 Å². The first-order valence-electron chi connectivity index (χ1n) is 7.31. The highest BCUT2D eigenvalue weighted by atomic mass is 19.1. The SMILES string of the molecule is COc1ccc(-c2cnc(OC)c3cc4c(cc23)OCO4)cc1F. The van der Waals surface area contributed by atoms with Crippen LogP contribution in [0.1, 0.15) is 0 Å². The summed E-state index contributed by atoms with van der Waals surface area (Å²) in [4.78, 5) is 4.33. The fourth-order valence-corrected chi connectivity index (χ4v) is 2.83. The van der Waals surface area contributed by atoms with E-state index in [4.69, 9.17) is 18.9 Å². The molecule has 2 aromatic carbocycles. The molecule has 122 valence electrons. The Bertz CT molecular complexity index is 942. The van der Waals surface area contributed by atoms with E-state index in [0.29, 0.717) is 22.9 Å². The van der Waals surface area contributed by atoms with E-state index in [-0.39, 0.29) is 12.5 Å². The Morgan fingerprint density at radius 3 is 2.42 bits per heavy atom. The summed E-state index contributed by atoms with van der Waals surface area (Å²) in [7, 11) is 2.99. The molecule has 1 aliphatic rings. The van der Waals surface area contributed by atoms with E-state index >= 15 is 0 Å². The molecule has 0 fully saturated rings. The first-order valence-corrected chi connectivity index (χ1v) is 7.31. The first-order chi connectivity index (χ1) is 11.7. The summed E-state index contributed by atoms with van der Waals surface area (Å²) in [5, 5.41) is 1.62. The molecular weight excluding hydrogens is 313 g/mol. The Kier molecular flexibility index (Phi) is 3.37. The summed E-state index contributed by atoms with van der Waals surface area (Å²) in [6.07, 6.45) is 1.66. The number of ether oxygens (including phenoxy) is 4. The molecule has 3 aromatic rings. The number of fused-ring (bicyclic) bond motifs is 2. The van der Waals surface area contributed by atoms with Crippen molar-refractivity contribution in [1.82, 2.24) is 4.98 Å². The summed E-state index contributed by atoms with van der Waals surface area (Å²) in [5.74, 6) is 1.52. The van der Waals surface area contributed by atoms with Crippen molar-refractivity contribution in [3.05, 3.63) is 42.3 Å². The molecule has 1 aliphatic heterocycles. The quantitative estimate of drug-likeness (QED) is 0.732. The number of nitrogens with zero attached hydrogens (tertiary/aromatic N) is 1. The lowest BCUT2D eigenvalue weighted by atomic mass is 10.00. The molecule has 0 atom stereocenters. The predicted molar refractivity (Wildman–Crippen MR) is 86.4 cm³/mol. The number of hydrogen-bond donors (Lipinski definition) is 0. The van der Waals surface area contributed by atoms with Crippen molar-refractivity contribution in [3.63, 3.8) is 0 Å². The largest absolute Gasteiger partial charge is 0.494 e. The maximum absolute atomic E-state index is 14.1. The molecule has 0 saturated carbocycles. The molecule has 5 nitrogen and oxygen atoms in total. The van der Waals surface area contributed by atoms with E-state index in [0.717, 1.165) is 16.3 Å². The van der Waals surface area contributed by atoms with Crippen molar-refractivity contribution < 1.29 is 23.3 Å². The summed E-state index contributed by atoms with van der Waals surface area (Å²) >= 11 is 0. The Morgan fingerprint density at radius 2 is 1.75 bits per heavy atom. The Balaban J connectivity index is 1.97. The third kappa shape index (κ3) is 2.19. The fourth-order valence-electron chi connectivity index (χ4n) is 2.83. The van der Waals surface area contributed by atoms with Crippen molar-refractivity contribution in [2.45, 2.75) is 0 Å². The summed E-state index contributed by atoms with van der Waals surface area (Å²) in [6.45, 7) is 0.175. The van der Waals surface area contributed by atoms with Crippen LogP contribution in [0.15, 0.2) is 36.5 Å². The maximum atomic E-state index is 14.1. The molecule has 0 bridgehead atoms. The van der Waals surface area contributed by atoms with Crippen molar-refractivity contribution in [2.24, 2.45) is 0 Å². The van der Waals surface area contributed by atoms with Gasteiger partial charge >= 0.3 is 0 Å². The van der Waals surface area contributed by atoms with Gasteiger partial charge in [0.1, 0.15) is 0 Å². The Hall–Kier alpha value is -3.02. The average Bonchev–Trinajstić information content (AvgIpc) is 3.06. The third-order valence-electron chi connectivity index (χ3n) is 4.00. The van der Waals surface area contributed by atoms with Crippen LogP contribution in [0.4, 0.5) is 4.39 Å². The molecule has 4 rings (SSSR count). The van der Waals surface area contributed by atoms with Gasteiger partial charge in [0.15, 0.2) is 23.1 Å². The predicted octanol–water partition coefficient (Wildman–Crippen LogP) is 3.79. The minimum atomic E-state index is -0.431. The second-order valence-electron chi connectivity index (χ2n) is 5.28. The van der Waals surface area contributed by atoms with Gasteiger partial charge in [0.05, 0.1) is 14.2 Å². The second-order valence-corrected chi connectivity index (χ2v) is 5.28. The smallest absolute Gasteiger partial charge is 0.231 e. The fraction of sp³-hybridized carbons (Fsp3) is 0.167. The Morgan fingerprint density at radius 1 is 1.00 bits per heavy atom. The third-order valence-corrected chi connectivity index (χ3v) is 4.00. The number of aromatic nitrogens is 1. The molecule has 1 aromatic heterocycles. The standard InChI is InChI=1S/C18H14FNO4/c1-21-15-4-3-10(5-14(15)19)13-8-20-18(22-2)12-7-17-16(6-11(12)13)23-9-24-17/h3-8H,9H2,1-2H3. The average molecular weight is 327 g/mol. The van der Waals surface area contributed by atoms with Crippen LogP contribution in [-0.2, 0) is 0 Å². The monoisotopic (exact) mass is 327 g/mol.